The molecule has 6 aromatic rings. The zero-order valence-corrected chi connectivity index (χ0v) is 27.5. The average Bonchev–Trinajstić information content (AvgIpc) is 3.17. The third-order valence-electron chi connectivity index (χ3n) is 8.06. The highest BCUT2D eigenvalue weighted by Crippen LogP contribution is 2.21. The van der Waals surface area contributed by atoms with Gasteiger partial charge in [0.25, 0.3) is 0 Å². The fourth-order valence-electron chi connectivity index (χ4n) is 5.36. The molecule has 6 nitrogen and oxygen atoms in total. The van der Waals surface area contributed by atoms with Gasteiger partial charge in [-0.2, -0.15) is 0 Å². The number of benzene rings is 4. The van der Waals surface area contributed by atoms with Crippen LogP contribution < -0.4 is 0 Å². The van der Waals surface area contributed by atoms with Crippen LogP contribution in [0.4, 0.5) is 0 Å². The molecule has 2 aromatic heterocycles. The molecule has 244 valence electrons. The number of ether oxygens (including phenoxy) is 2. The lowest BCUT2D eigenvalue weighted by Gasteiger charge is -2.14. The normalized spacial score (nSPS) is 12.7. The second-order valence-corrected chi connectivity index (χ2v) is 11.8. The maximum Gasteiger partial charge on any atom is 0.0983 e. The van der Waals surface area contributed by atoms with Gasteiger partial charge in [-0.05, 0) is 64.1 Å². The van der Waals surface area contributed by atoms with E-state index in [1.54, 1.807) is 12.4 Å². The van der Waals surface area contributed by atoms with Gasteiger partial charge >= 0.3 is 0 Å². The van der Waals surface area contributed by atoms with Gasteiger partial charge in [0.1, 0.15) is 0 Å². The molecule has 6 heteroatoms. The minimum Gasteiger partial charge on any atom is -0.374 e. The van der Waals surface area contributed by atoms with Crippen molar-refractivity contribution >= 4 is 12.4 Å². The Labute approximate surface area is 288 Å². The second-order valence-electron chi connectivity index (χ2n) is 11.8. The molecule has 49 heavy (non-hydrogen) atoms. The Bertz CT molecular complexity index is 1720. The van der Waals surface area contributed by atoms with E-state index < -0.39 is 0 Å². The summed E-state index contributed by atoms with van der Waals surface area (Å²) in [6.07, 6.45) is 8.04. The Kier molecular flexibility index (Phi) is 12.3. The van der Waals surface area contributed by atoms with Gasteiger partial charge in [-0.15, -0.1) is 0 Å². The summed E-state index contributed by atoms with van der Waals surface area (Å²) in [5, 5.41) is 0. The van der Waals surface area contributed by atoms with Crippen LogP contribution in [0.15, 0.2) is 168 Å². The van der Waals surface area contributed by atoms with Crippen LogP contribution in [-0.2, 0) is 29.1 Å². The molecular formula is C43H40N4O2. The van der Waals surface area contributed by atoms with Crippen LogP contribution in [0.3, 0.4) is 0 Å². The van der Waals surface area contributed by atoms with Gasteiger partial charge in [-0.25, -0.2) is 0 Å². The molecule has 0 radical (unpaired) electrons. The van der Waals surface area contributed by atoms with E-state index in [1.165, 1.54) is 11.1 Å². The van der Waals surface area contributed by atoms with Gasteiger partial charge in [-0.3, -0.25) is 20.0 Å². The summed E-state index contributed by atoms with van der Waals surface area (Å²) in [7, 11) is 0. The van der Waals surface area contributed by atoms with Crippen molar-refractivity contribution in [1.29, 1.82) is 0 Å². The Morgan fingerprint density at radius 1 is 0.449 bits per heavy atom. The monoisotopic (exact) mass is 644 g/mol. The van der Waals surface area contributed by atoms with Crippen molar-refractivity contribution in [3.63, 3.8) is 0 Å². The quantitative estimate of drug-likeness (QED) is 0.0988. The van der Waals surface area contributed by atoms with E-state index in [-0.39, 0.29) is 12.1 Å². The van der Waals surface area contributed by atoms with Crippen LogP contribution >= 0.6 is 0 Å². The van der Waals surface area contributed by atoms with Crippen molar-refractivity contribution in [1.82, 2.24) is 9.97 Å². The maximum atomic E-state index is 6.15. The number of aromatic nitrogens is 2. The van der Waals surface area contributed by atoms with Crippen molar-refractivity contribution in [2.24, 2.45) is 9.98 Å². The van der Waals surface area contributed by atoms with Crippen LogP contribution in [0.5, 0.6) is 0 Å². The molecule has 2 heterocycles. The first-order valence-corrected chi connectivity index (χ1v) is 16.6. The summed E-state index contributed by atoms with van der Waals surface area (Å²) in [5.74, 6) is 0. The number of pyridine rings is 2. The van der Waals surface area contributed by atoms with Crippen LogP contribution in [0.2, 0.25) is 0 Å². The molecule has 0 N–H and O–H groups in total. The minimum atomic E-state index is -0.105. The highest BCUT2D eigenvalue weighted by molar-refractivity contribution is 5.77. The summed E-state index contributed by atoms with van der Waals surface area (Å²) >= 11 is 0. The fraction of sp³-hybridized carbons (Fsp3) is 0.163. The standard InChI is InChI=1S/C43H40N4O2/c1-3-11-38(12-4-1)42(46-28-40-15-7-9-25-44-40)32-48-30-36-21-17-34(18-22-36)27-35-19-23-37(24-20-35)31-49-33-43(39-13-5-2-6-14-39)47-29-41-16-8-10-26-45-41/h1-26,28-29,42-43H,27,30-33H2/b46-28+,47-29+/t42-,43-/m0/s1. The number of nitrogens with zero attached hydrogens (tertiary/aromatic N) is 4. The average molecular weight is 645 g/mol. The topological polar surface area (TPSA) is 69.0 Å². The van der Waals surface area contributed by atoms with E-state index in [1.807, 2.05) is 85.2 Å². The van der Waals surface area contributed by atoms with Gasteiger partial charge in [0, 0.05) is 24.8 Å². The van der Waals surface area contributed by atoms with Crippen molar-refractivity contribution in [2.75, 3.05) is 13.2 Å². The van der Waals surface area contributed by atoms with E-state index in [4.69, 9.17) is 19.5 Å². The maximum absolute atomic E-state index is 6.15. The number of rotatable bonds is 16. The molecule has 0 fully saturated rings. The van der Waals surface area contributed by atoms with Gasteiger partial charge in [-0.1, -0.05) is 121 Å². The van der Waals surface area contributed by atoms with Crippen LogP contribution in [0.1, 0.15) is 56.9 Å². The Morgan fingerprint density at radius 3 is 1.22 bits per heavy atom. The summed E-state index contributed by atoms with van der Waals surface area (Å²) in [6.45, 7) is 2.01. The lowest BCUT2D eigenvalue weighted by Crippen LogP contribution is -2.07. The summed E-state index contributed by atoms with van der Waals surface area (Å²) in [5.41, 5.74) is 8.67. The van der Waals surface area contributed by atoms with Gasteiger partial charge in [0.15, 0.2) is 0 Å². The Balaban J connectivity index is 0.975. The third-order valence-corrected chi connectivity index (χ3v) is 8.06. The Morgan fingerprint density at radius 2 is 0.837 bits per heavy atom. The lowest BCUT2D eigenvalue weighted by atomic mass is 10.0. The molecule has 0 unspecified atom stereocenters. The van der Waals surface area contributed by atoms with Crippen molar-refractivity contribution in [3.8, 4) is 0 Å². The van der Waals surface area contributed by atoms with Crippen LogP contribution in [0, 0.1) is 0 Å². The van der Waals surface area contributed by atoms with Crippen molar-refractivity contribution < 1.29 is 9.47 Å². The smallest absolute Gasteiger partial charge is 0.0983 e. The molecule has 0 bridgehead atoms. The highest BCUT2D eigenvalue weighted by atomic mass is 16.5. The SMILES string of the molecule is C(=N\[C@@H](COCc1ccc(Cc2ccc(COC[C@H](/N=C/c3ccccn3)c3ccccc3)cc2)cc1)c1ccccc1)/c1ccccn1. The molecule has 0 spiro atoms. The molecule has 4 aromatic carbocycles. The first kappa shape index (κ1) is 33.3. The first-order chi connectivity index (χ1) is 24.3. The van der Waals surface area contributed by atoms with Gasteiger partial charge in [0.05, 0.1) is 49.9 Å². The van der Waals surface area contributed by atoms with E-state index in [0.29, 0.717) is 26.4 Å². The molecule has 0 saturated heterocycles. The predicted molar refractivity (Wildman–Crippen MR) is 197 cm³/mol. The minimum absolute atomic E-state index is 0.105. The first-order valence-electron chi connectivity index (χ1n) is 16.6. The van der Waals surface area contributed by atoms with Gasteiger partial charge in [0.2, 0.25) is 0 Å². The summed E-state index contributed by atoms with van der Waals surface area (Å²) in [4.78, 5) is 18.3. The lowest BCUT2D eigenvalue weighted by molar-refractivity contribution is 0.108. The molecule has 0 aliphatic heterocycles. The zero-order valence-electron chi connectivity index (χ0n) is 27.5. The zero-order chi connectivity index (χ0) is 33.4. The predicted octanol–water partition coefficient (Wildman–Crippen LogP) is 8.82. The molecule has 0 aliphatic rings. The summed E-state index contributed by atoms with van der Waals surface area (Å²) < 4.78 is 12.3. The largest absolute Gasteiger partial charge is 0.374 e. The van der Waals surface area contributed by atoms with E-state index in [9.17, 15) is 0 Å². The molecular weight excluding hydrogens is 604 g/mol. The van der Waals surface area contributed by atoms with Crippen LogP contribution in [0.25, 0.3) is 0 Å². The number of hydrogen-bond donors (Lipinski definition) is 0. The fourth-order valence-corrected chi connectivity index (χ4v) is 5.36. The van der Waals surface area contributed by atoms with E-state index in [2.05, 4.69) is 82.8 Å². The molecule has 6 rings (SSSR count). The van der Waals surface area contributed by atoms with Gasteiger partial charge < -0.3 is 9.47 Å². The molecule has 2 atom stereocenters. The van der Waals surface area contributed by atoms with Crippen LogP contribution in [-0.4, -0.2) is 35.6 Å². The Hall–Kier alpha value is -5.56. The van der Waals surface area contributed by atoms with E-state index in [0.717, 1.165) is 40.1 Å². The van der Waals surface area contributed by atoms with E-state index >= 15 is 0 Å². The van der Waals surface area contributed by atoms with Crippen molar-refractivity contribution in [2.45, 2.75) is 31.7 Å². The molecule has 0 aliphatic carbocycles. The second kappa shape index (κ2) is 18.1. The summed E-state index contributed by atoms with van der Waals surface area (Å²) in [6, 6.07) is 49.2. The molecule has 0 amide bonds. The third kappa shape index (κ3) is 10.7. The molecule has 0 saturated carbocycles. The van der Waals surface area contributed by atoms with Crippen molar-refractivity contribution in [3.05, 3.63) is 203 Å². The number of hydrogen-bond acceptors (Lipinski definition) is 6. The number of aliphatic imine (C=N–C) groups is 2. The highest BCUT2D eigenvalue weighted by Gasteiger charge is 2.11.